The standard InChI is InChI=1S/C20H32N2O3S/c1-3-17-11-13-19(14-12-17)22(26(2,24)25)15-7-10-20(23)21-16-18-8-5-4-6-9-18/h11-14,18H,3-10,15-16H2,1-2H3,(H,21,23). The maximum atomic E-state index is 12.1. The number of carbonyl (C=O) groups is 1. The number of hydrogen-bond donors (Lipinski definition) is 1. The molecule has 5 nitrogen and oxygen atoms in total. The maximum absolute atomic E-state index is 12.1. The average molecular weight is 381 g/mol. The van der Waals surface area contributed by atoms with E-state index in [0.29, 0.717) is 31.0 Å². The molecule has 0 spiro atoms. The molecule has 0 bridgehead atoms. The van der Waals surface area contributed by atoms with Gasteiger partial charge in [0.05, 0.1) is 11.9 Å². The highest BCUT2D eigenvalue weighted by Gasteiger charge is 2.18. The topological polar surface area (TPSA) is 66.5 Å². The molecular weight excluding hydrogens is 348 g/mol. The molecule has 1 aromatic carbocycles. The highest BCUT2D eigenvalue weighted by molar-refractivity contribution is 7.92. The first-order valence-electron chi connectivity index (χ1n) is 9.73. The smallest absolute Gasteiger partial charge is 0.232 e. The van der Waals surface area contributed by atoms with Crippen molar-refractivity contribution in [3.05, 3.63) is 29.8 Å². The van der Waals surface area contributed by atoms with Crippen LogP contribution in [0, 0.1) is 5.92 Å². The quantitative estimate of drug-likeness (QED) is 0.713. The van der Waals surface area contributed by atoms with E-state index in [-0.39, 0.29) is 5.91 Å². The predicted molar refractivity (Wildman–Crippen MR) is 107 cm³/mol. The van der Waals surface area contributed by atoms with E-state index in [9.17, 15) is 13.2 Å². The zero-order valence-electron chi connectivity index (χ0n) is 16.0. The summed E-state index contributed by atoms with van der Waals surface area (Å²) in [7, 11) is -3.36. The normalized spacial score (nSPS) is 15.6. The van der Waals surface area contributed by atoms with E-state index in [1.807, 2.05) is 24.3 Å². The summed E-state index contributed by atoms with van der Waals surface area (Å²) in [6.07, 6.45) is 9.24. The van der Waals surface area contributed by atoms with E-state index in [4.69, 9.17) is 0 Å². The Bertz CT molecular complexity index is 665. The average Bonchev–Trinajstić information content (AvgIpc) is 2.63. The first-order valence-corrected chi connectivity index (χ1v) is 11.6. The number of nitrogens with one attached hydrogen (secondary N) is 1. The summed E-state index contributed by atoms with van der Waals surface area (Å²) in [5.74, 6) is 0.627. The van der Waals surface area contributed by atoms with Gasteiger partial charge in [-0.3, -0.25) is 9.10 Å². The Kier molecular flexibility index (Phi) is 7.94. The molecule has 0 saturated heterocycles. The first-order chi connectivity index (χ1) is 12.4. The summed E-state index contributed by atoms with van der Waals surface area (Å²) in [5.41, 5.74) is 1.83. The van der Waals surface area contributed by atoms with Crippen LogP contribution in [-0.4, -0.2) is 33.7 Å². The number of sulfonamides is 1. The van der Waals surface area contributed by atoms with E-state index in [1.165, 1.54) is 48.2 Å². The number of anilines is 1. The van der Waals surface area contributed by atoms with E-state index >= 15 is 0 Å². The van der Waals surface area contributed by atoms with Crippen molar-refractivity contribution in [2.75, 3.05) is 23.7 Å². The second kappa shape index (κ2) is 9.95. The lowest BCUT2D eigenvalue weighted by Gasteiger charge is -2.23. The van der Waals surface area contributed by atoms with Gasteiger partial charge in [0.1, 0.15) is 0 Å². The molecule has 1 fully saturated rings. The maximum Gasteiger partial charge on any atom is 0.232 e. The molecule has 6 heteroatoms. The molecule has 1 aliphatic carbocycles. The highest BCUT2D eigenvalue weighted by atomic mass is 32.2. The Balaban J connectivity index is 1.82. The van der Waals surface area contributed by atoms with Crippen LogP contribution in [0.15, 0.2) is 24.3 Å². The zero-order chi connectivity index (χ0) is 19.0. The van der Waals surface area contributed by atoms with Crippen LogP contribution >= 0.6 is 0 Å². The molecular formula is C20H32N2O3S. The van der Waals surface area contributed by atoms with Gasteiger partial charge >= 0.3 is 0 Å². The molecule has 0 aromatic heterocycles. The van der Waals surface area contributed by atoms with Crippen molar-refractivity contribution >= 4 is 21.6 Å². The summed E-state index contributed by atoms with van der Waals surface area (Å²) in [6.45, 7) is 3.14. The third kappa shape index (κ3) is 6.63. The summed E-state index contributed by atoms with van der Waals surface area (Å²) >= 11 is 0. The van der Waals surface area contributed by atoms with E-state index in [0.717, 1.165) is 13.0 Å². The second-order valence-corrected chi connectivity index (χ2v) is 9.17. The second-order valence-electron chi connectivity index (χ2n) is 7.27. The van der Waals surface area contributed by atoms with Gasteiger partial charge in [-0.15, -0.1) is 0 Å². The fraction of sp³-hybridized carbons (Fsp3) is 0.650. The van der Waals surface area contributed by atoms with Crippen molar-refractivity contribution in [1.29, 1.82) is 0 Å². The number of nitrogens with zero attached hydrogens (tertiary/aromatic N) is 1. The Morgan fingerprint density at radius 3 is 2.38 bits per heavy atom. The third-order valence-corrected chi connectivity index (χ3v) is 6.30. The van der Waals surface area contributed by atoms with Crippen LogP contribution < -0.4 is 9.62 Å². The minimum atomic E-state index is -3.36. The highest BCUT2D eigenvalue weighted by Crippen LogP contribution is 2.23. The molecule has 1 aliphatic rings. The first kappa shape index (κ1) is 20.7. The van der Waals surface area contributed by atoms with Gasteiger partial charge in [-0.2, -0.15) is 0 Å². The van der Waals surface area contributed by atoms with Gasteiger partial charge in [0.25, 0.3) is 0 Å². The fourth-order valence-corrected chi connectivity index (χ4v) is 4.47. The van der Waals surface area contributed by atoms with Crippen LogP contribution in [0.4, 0.5) is 5.69 Å². The summed E-state index contributed by atoms with van der Waals surface area (Å²) in [5, 5.41) is 3.01. The number of benzene rings is 1. The summed E-state index contributed by atoms with van der Waals surface area (Å²) in [4.78, 5) is 12.1. The number of amides is 1. The molecule has 0 heterocycles. The minimum Gasteiger partial charge on any atom is -0.356 e. The monoisotopic (exact) mass is 380 g/mol. The van der Waals surface area contributed by atoms with E-state index < -0.39 is 10.0 Å². The molecule has 0 aliphatic heterocycles. The van der Waals surface area contributed by atoms with Crippen molar-refractivity contribution in [3.8, 4) is 0 Å². The molecule has 0 radical (unpaired) electrons. The Hall–Kier alpha value is -1.56. The lowest BCUT2D eigenvalue weighted by atomic mass is 9.89. The van der Waals surface area contributed by atoms with Gasteiger partial charge in [0.15, 0.2) is 0 Å². The number of carbonyl (C=O) groups excluding carboxylic acids is 1. The minimum absolute atomic E-state index is 0.0188. The van der Waals surface area contributed by atoms with Crippen LogP contribution in [0.5, 0.6) is 0 Å². The van der Waals surface area contributed by atoms with Crippen LogP contribution in [0.25, 0.3) is 0 Å². The van der Waals surface area contributed by atoms with Crippen molar-refractivity contribution in [2.24, 2.45) is 5.92 Å². The van der Waals surface area contributed by atoms with Crippen LogP contribution in [0.2, 0.25) is 0 Å². The van der Waals surface area contributed by atoms with E-state index in [2.05, 4.69) is 12.2 Å². The Labute approximate surface area is 158 Å². The third-order valence-electron chi connectivity index (χ3n) is 5.11. The van der Waals surface area contributed by atoms with Gasteiger partial charge in [0, 0.05) is 19.5 Å². The van der Waals surface area contributed by atoms with Gasteiger partial charge in [-0.05, 0) is 49.3 Å². The largest absolute Gasteiger partial charge is 0.356 e. The van der Waals surface area contributed by atoms with Crippen molar-refractivity contribution in [3.63, 3.8) is 0 Å². The van der Waals surface area contributed by atoms with Crippen molar-refractivity contribution in [2.45, 2.75) is 58.3 Å². The summed E-state index contributed by atoms with van der Waals surface area (Å²) in [6, 6.07) is 7.57. The molecule has 0 atom stereocenters. The van der Waals surface area contributed by atoms with Gasteiger partial charge < -0.3 is 5.32 Å². The molecule has 1 N–H and O–H groups in total. The van der Waals surface area contributed by atoms with Crippen LogP contribution in [0.3, 0.4) is 0 Å². The van der Waals surface area contributed by atoms with Crippen molar-refractivity contribution in [1.82, 2.24) is 5.32 Å². The SMILES string of the molecule is CCc1ccc(N(CCCC(=O)NCC2CCCCC2)S(C)(=O)=O)cc1. The van der Waals surface area contributed by atoms with Gasteiger partial charge in [-0.25, -0.2) is 8.42 Å². The summed E-state index contributed by atoms with van der Waals surface area (Å²) < 4.78 is 25.6. The number of hydrogen-bond acceptors (Lipinski definition) is 3. The lowest BCUT2D eigenvalue weighted by Crippen LogP contribution is -2.33. The van der Waals surface area contributed by atoms with Gasteiger partial charge in [0.2, 0.25) is 15.9 Å². The van der Waals surface area contributed by atoms with E-state index in [1.54, 1.807) is 0 Å². The van der Waals surface area contributed by atoms with Crippen LogP contribution in [0.1, 0.15) is 57.4 Å². The van der Waals surface area contributed by atoms with Gasteiger partial charge in [-0.1, -0.05) is 38.3 Å². The lowest BCUT2D eigenvalue weighted by molar-refractivity contribution is -0.121. The molecule has 1 amide bonds. The van der Waals surface area contributed by atoms with Crippen molar-refractivity contribution < 1.29 is 13.2 Å². The number of rotatable bonds is 9. The van der Waals surface area contributed by atoms with Crippen LogP contribution in [-0.2, 0) is 21.2 Å². The molecule has 2 rings (SSSR count). The molecule has 146 valence electrons. The Morgan fingerprint density at radius 2 is 1.81 bits per heavy atom. The Morgan fingerprint density at radius 1 is 1.15 bits per heavy atom. The predicted octanol–water partition coefficient (Wildman–Crippen LogP) is 3.49. The molecule has 1 aromatic rings. The fourth-order valence-electron chi connectivity index (χ4n) is 3.51. The molecule has 1 saturated carbocycles. The zero-order valence-corrected chi connectivity index (χ0v) is 16.9. The number of aryl methyl sites for hydroxylation is 1. The molecule has 0 unspecified atom stereocenters. The molecule has 26 heavy (non-hydrogen) atoms.